The molecule has 23 heavy (non-hydrogen) atoms. The van der Waals surface area contributed by atoms with Crippen molar-refractivity contribution in [3.8, 4) is 0 Å². The molecule has 2 N–H and O–H groups in total. The van der Waals surface area contributed by atoms with Gasteiger partial charge in [0.15, 0.2) is 5.60 Å². The van der Waals surface area contributed by atoms with Crippen LogP contribution in [0.2, 0.25) is 0 Å². The fourth-order valence-corrected chi connectivity index (χ4v) is 2.21. The normalized spacial score (nSPS) is 14.3. The van der Waals surface area contributed by atoms with Gasteiger partial charge in [-0.05, 0) is 32.9 Å². The molecule has 1 aromatic carbocycles. The molecule has 0 unspecified atom stereocenters. The summed E-state index contributed by atoms with van der Waals surface area (Å²) in [4.78, 5) is 23.1. The molecule has 0 aliphatic heterocycles. The molecule has 1 amide bonds. The summed E-state index contributed by atoms with van der Waals surface area (Å²) in [6.07, 6.45) is 0. The Kier molecular flexibility index (Phi) is 4.47. The zero-order chi connectivity index (χ0) is 17.3. The molecule has 0 aliphatic rings. The van der Waals surface area contributed by atoms with Crippen molar-refractivity contribution in [1.29, 1.82) is 0 Å². The fraction of sp³-hybridized carbons (Fsp3) is 0.412. The van der Waals surface area contributed by atoms with Crippen molar-refractivity contribution in [1.82, 2.24) is 5.32 Å². The van der Waals surface area contributed by atoms with Crippen molar-refractivity contribution < 1.29 is 23.8 Å². The first-order chi connectivity index (χ1) is 10.6. The number of carbonyl (C=O) groups excluding carboxylic acids is 2. The number of hydrogen-bond acceptors (Lipinski definition) is 5. The van der Waals surface area contributed by atoms with E-state index in [2.05, 4.69) is 5.32 Å². The fourth-order valence-electron chi connectivity index (χ4n) is 2.21. The number of aliphatic hydroxyl groups is 1. The third-order valence-electron chi connectivity index (χ3n) is 3.50. The van der Waals surface area contributed by atoms with Gasteiger partial charge in [-0.3, -0.25) is 9.59 Å². The smallest absolute Gasteiger partial charge is 0.303 e. The van der Waals surface area contributed by atoms with Crippen molar-refractivity contribution in [2.24, 2.45) is 0 Å². The quantitative estimate of drug-likeness (QED) is 0.824. The number of amides is 1. The highest BCUT2D eigenvalue weighted by atomic mass is 16.6. The van der Waals surface area contributed by atoms with Crippen LogP contribution in [-0.4, -0.2) is 29.1 Å². The maximum Gasteiger partial charge on any atom is 0.303 e. The summed E-state index contributed by atoms with van der Waals surface area (Å²) in [6.45, 7) is 5.68. The molecular formula is C17H21NO5. The average molecular weight is 319 g/mol. The SMILES string of the molecule is CC(=O)OC(C)(C)C(=O)NC[C@](C)(O)c1cc2ccccc2o1. The second-order valence-corrected chi connectivity index (χ2v) is 6.21. The summed E-state index contributed by atoms with van der Waals surface area (Å²) in [5.74, 6) is -0.692. The van der Waals surface area contributed by atoms with Crippen molar-refractivity contribution in [3.63, 3.8) is 0 Å². The standard InChI is InChI=1S/C17H21NO5/c1-11(19)23-16(2,3)15(20)18-10-17(4,21)14-9-12-7-5-6-8-13(12)22-14/h5-9,21H,10H2,1-4H3,(H,18,20)/t17-/m0/s1. The second-order valence-electron chi connectivity index (χ2n) is 6.21. The number of rotatable bonds is 5. The van der Waals surface area contributed by atoms with E-state index in [1.807, 2.05) is 18.2 Å². The largest absolute Gasteiger partial charge is 0.458 e. The lowest BCUT2D eigenvalue weighted by atomic mass is 10.0. The maximum absolute atomic E-state index is 12.1. The first-order valence-electron chi connectivity index (χ1n) is 7.31. The van der Waals surface area contributed by atoms with Crippen LogP contribution in [-0.2, 0) is 19.9 Å². The number of carbonyl (C=O) groups is 2. The highest BCUT2D eigenvalue weighted by Crippen LogP contribution is 2.27. The number of nitrogens with one attached hydrogen (secondary N) is 1. The Morgan fingerprint density at radius 1 is 1.26 bits per heavy atom. The second kappa shape index (κ2) is 6.04. The number of benzene rings is 1. The van der Waals surface area contributed by atoms with Crippen LogP contribution in [0.3, 0.4) is 0 Å². The first kappa shape index (κ1) is 17.0. The van der Waals surface area contributed by atoms with Gasteiger partial charge in [0, 0.05) is 12.3 Å². The van der Waals surface area contributed by atoms with Crippen molar-refractivity contribution in [3.05, 3.63) is 36.1 Å². The number of hydrogen-bond donors (Lipinski definition) is 2. The molecule has 0 saturated carbocycles. The van der Waals surface area contributed by atoms with E-state index >= 15 is 0 Å². The van der Waals surface area contributed by atoms with E-state index in [9.17, 15) is 14.7 Å². The summed E-state index contributed by atoms with van der Waals surface area (Å²) in [5.41, 5.74) is -2.04. The number of esters is 1. The first-order valence-corrected chi connectivity index (χ1v) is 7.31. The third-order valence-corrected chi connectivity index (χ3v) is 3.50. The van der Waals surface area contributed by atoms with Crippen molar-refractivity contribution in [2.75, 3.05) is 6.54 Å². The monoisotopic (exact) mass is 319 g/mol. The van der Waals surface area contributed by atoms with Gasteiger partial charge in [0.25, 0.3) is 5.91 Å². The van der Waals surface area contributed by atoms with E-state index in [0.29, 0.717) is 11.3 Å². The van der Waals surface area contributed by atoms with Crippen LogP contribution in [0.1, 0.15) is 33.5 Å². The Morgan fingerprint density at radius 2 is 1.91 bits per heavy atom. The number of ether oxygens (including phenoxy) is 1. The highest BCUT2D eigenvalue weighted by molar-refractivity contribution is 5.86. The van der Waals surface area contributed by atoms with Gasteiger partial charge in [0.2, 0.25) is 0 Å². The Balaban J connectivity index is 2.09. The van der Waals surface area contributed by atoms with E-state index in [1.165, 1.54) is 20.8 Å². The molecule has 2 rings (SSSR count). The molecule has 0 saturated heterocycles. The zero-order valence-electron chi connectivity index (χ0n) is 13.7. The minimum atomic E-state index is -1.39. The Labute approximate surface area is 134 Å². The van der Waals surface area contributed by atoms with E-state index in [4.69, 9.17) is 9.15 Å². The third kappa shape index (κ3) is 3.90. The molecule has 0 bridgehead atoms. The molecule has 1 aromatic heterocycles. The van der Waals surface area contributed by atoms with Crippen LogP contribution in [0.25, 0.3) is 11.0 Å². The summed E-state index contributed by atoms with van der Waals surface area (Å²) in [6, 6.07) is 9.13. The van der Waals surface area contributed by atoms with Crippen LogP contribution in [0, 0.1) is 0 Å². The molecule has 1 heterocycles. The lowest BCUT2D eigenvalue weighted by Gasteiger charge is -2.26. The summed E-state index contributed by atoms with van der Waals surface area (Å²) >= 11 is 0. The molecule has 2 aromatic rings. The van der Waals surface area contributed by atoms with Crippen molar-refractivity contribution >= 4 is 22.8 Å². The van der Waals surface area contributed by atoms with Crippen LogP contribution >= 0.6 is 0 Å². The van der Waals surface area contributed by atoms with Gasteiger partial charge in [-0.1, -0.05) is 18.2 Å². The minimum absolute atomic E-state index is 0.0731. The molecule has 0 aliphatic carbocycles. The predicted octanol–water partition coefficient (Wildman–Crippen LogP) is 2.10. The van der Waals surface area contributed by atoms with Gasteiger partial charge in [-0.2, -0.15) is 0 Å². The summed E-state index contributed by atoms with van der Waals surface area (Å²) < 4.78 is 10.6. The molecule has 0 spiro atoms. The lowest BCUT2D eigenvalue weighted by Crippen LogP contribution is -2.49. The van der Waals surface area contributed by atoms with Crippen molar-refractivity contribution in [2.45, 2.75) is 38.9 Å². The van der Waals surface area contributed by atoms with Gasteiger partial charge >= 0.3 is 5.97 Å². The molecule has 0 radical (unpaired) electrons. The molecule has 124 valence electrons. The number of fused-ring (bicyclic) bond motifs is 1. The van der Waals surface area contributed by atoms with Gasteiger partial charge in [0.05, 0.1) is 6.54 Å². The molecular weight excluding hydrogens is 298 g/mol. The molecule has 6 nitrogen and oxygen atoms in total. The van der Waals surface area contributed by atoms with Crippen LogP contribution in [0.5, 0.6) is 0 Å². The topological polar surface area (TPSA) is 88.8 Å². The highest BCUT2D eigenvalue weighted by Gasteiger charge is 2.34. The summed E-state index contributed by atoms with van der Waals surface area (Å²) in [7, 11) is 0. The zero-order valence-corrected chi connectivity index (χ0v) is 13.7. The maximum atomic E-state index is 12.1. The van der Waals surface area contributed by atoms with Gasteiger partial charge in [-0.15, -0.1) is 0 Å². The van der Waals surface area contributed by atoms with Crippen LogP contribution < -0.4 is 5.32 Å². The van der Waals surface area contributed by atoms with Crippen LogP contribution in [0.4, 0.5) is 0 Å². The average Bonchev–Trinajstić information content (AvgIpc) is 2.88. The molecule has 6 heteroatoms. The number of furan rings is 1. The Morgan fingerprint density at radius 3 is 2.52 bits per heavy atom. The summed E-state index contributed by atoms with van der Waals surface area (Å²) in [5, 5.41) is 14.0. The lowest BCUT2D eigenvalue weighted by molar-refractivity contribution is -0.163. The van der Waals surface area contributed by atoms with Gasteiger partial charge < -0.3 is 19.6 Å². The Hall–Kier alpha value is -2.34. The van der Waals surface area contributed by atoms with Gasteiger partial charge in [-0.25, -0.2) is 0 Å². The molecule has 0 fully saturated rings. The van der Waals surface area contributed by atoms with E-state index in [0.717, 1.165) is 5.39 Å². The molecule has 1 atom stereocenters. The Bertz CT molecular complexity index is 696. The van der Waals surface area contributed by atoms with E-state index < -0.39 is 23.1 Å². The van der Waals surface area contributed by atoms with Crippen LogP contribution in [0.15, 0.2) is 34.7 Å². The van der Waals surface area contributed by atoms with Gasteiger partial charge in [0.1, 0.15) is 16.9 Å². The van der Waals surface area contributed by atoms with E-state index in [1.54, 1.807) is 19.1 Å². The number of para-hydroxylation sites is 1. The predicted molar refractivity (Wildman–Crippen MR) is 84.6 cm³/mol. The van der Waals surface area contributed by atoms with E-state index in [-0.39, 0.29) is 6.54 Å². The minimum Gasteiger partial charge on any atom is -0.458 e.